The van der Waals surface area contributed by atoms with E-state index in [1.54, 1.807) is 0 Å². The Balaban J connectivity index is 1.52. The molecule has 2 fully saturated rings. The van der Waals surface area contributed by atoms with Crippen LogP contribution in [0.15, 0.2) is 11.6 Å². The molecule has 0 nitrogen and oxygen atoms in total. The monoisotopic (exact) mass is 324 g/mol. The maximum atomic E-state index is 13.6. The fourth-order valence-corrected chi connectivity index (χ4v) is 5.00. The first-order valence-electron chi connectivity index (χ1n) is 9.39. The van der Waals surface area contributed by atoms with Crippen molar-refractivity contribution in [2.45, 2.75) is 82.6 Å². The third-order valence-corrected chi connectivity index (χ3v) is 6.61. The zero-order valence-electron chi connectivity index (χ0n) is 13.9. The lowest BCUT2D eigenvalue weighted by molar-refractivity contribution is 0.0243. The Labute approximate surface area is 139 Å². The minimum absolute atomic E-state index is 0.0825. The maximum absolute atomic E-state index is 13.6. The predicted molar refractivity (Wildman–Crippen MR) is 88.8 cm³/mol. The normalized spacial score (nSPS) is 45.5. The van der Waals surface area contributed by atoms with Gasteiger partial charge in [0.15, 0.2) is 6.17 Å². The number of alkyl halides is 3. The van der Waals surface area contributed by atoms with Gasteiger partial charge in [-0.15, -0.1) is 0 Å². The summed E-state index contributed by atoms with van der Waals surface area (Å²) in [6.45, 7) is 0. The second kappa shape index (κ2) is 7.65. The smallest absolute Gasteiger partial charge is 0.162 e. The standard InChI is InChI=1S/C19H28BF3/c20-11-12-1-3-13(4-2-12)14-5-7-15(8-6-14)16-9-17(21)19(23)18(22)10-16/h7,12-14,16-19H,1-6,8-11H2. The average Bonchev–Trinajstić information content (AvgIpc) is 2.59. The fourth-order valence-electron chi connectivity index (χ4n) is 5.00. The molecule has 23 heavy (non-hydrogen) atoms. The van der Waals surface area contributed by atoms with Crippen LogP contribution in [0.3, 0.4) is 0 Å². The quantitative estimate of drug-likeness (QED) is 0.473. The fraction of sp³-hybridized carbons (Fsp3) is 0.895. The highest BCUT2D eigenvalue weighted by Crippen LogP contribution is 2.44. The summed E-state index contributed by atoms with van der Waals surface area (Å²) in [5, 5.41) is 0. The van der Waals surface area contributed by atoms with Gasteiger partial charge in [0.1, 0.15) is 12.3 Å². The van der Waals surface area contributed by atoms with Crippen molar-refractivity contribution in [3.63, 3.8) is 0 Å². The molecule has 0 N–H and O–H groups in total. The van der Waals surface area contributed by atoms with E-state index in [0.717, 1.165) is 37.4 Å². The number of allylic oxidation sites excluding steroid dienone is 2. The summed E-state index contributed by atoms with van der Waals surface area (Å²) in [6, 6.07) is 0. The van der Waals surface area contributed by atoms with Crippen LogP contribution in [0.25, 0.3) is 0 Å². The predicted octanol–water partition coefficient (Wildman–Crippen LogP) is 5.53. The van der Waals surface area contributed by atoms with Gasteiger partial charge in [0.2, 0.25) is 0 Å². The van der Waals surface area contributed by atoms with Crippen molar-refractivity contribution in [1.29, 1.82) is 0 Å². The van der Waals surface area contributed by atoms with E-state index in [0.29, 0.717) is 5.92 Å². The third kappa shape index (κ3) is 3.99. The lowest BCUT2D eigenvalue weighted by Crippen LogP contribution is -2.38. The van der Waals surface area contributed by atoms with Crippen molar-refractivity contribution < 1.29 is 13.2 Å². The van der Waals surface area contributed by atoms with Crippen molar-refractivity contribution in [3.05, 3.63) is 11.6 Å². The maximum Gasteiger partial charge on any atom is 0.162 e. The van der Waals surface area contributed by atoms with E-state index in [9.17, 15) is 13.2 Å². The van der Waals surface area contributed by atoms with Crippen molar-refractivity contribution in [1.82, 2.24) is 0 Å². The molecule has 2 saturated carbocycles. The first kappa shape index (κ1) is 17.4. The minimum atomic E-state index is -1.92. The molecule has 3 rings (SSSR count). The summed E-state index contributed by atoms with van der Waals surface area (Å²) in [7, 11) is 5.76. The van der Waals surface area contributed by atoms with Gasteiger partial charge < -0.3 is 0 Å². The average molecular weight is 324 g/mol. The summed E-state index contributed by atoms with van der Waals surface area (Å²) < 4.78 is 40.5. The Morgan fingerprint density at radius 3 is 2.09 bits per heavy atom. The lowest BCUT2D eigenvalue weighted by atomic mass is 9.68. The van der Waals surface area contributed by atoms with Crippen molar-refractivity contribution in [3.8, 4) is 0 Å². The molecule has 0 saturated heterocycles. The number of hydrogen-bond acceptors (Lipinski definition) is 0. The molecule has 0 spiro atoms. The highest BCUT2D eigenvalue weighted by molar-refractivity contribution is 6.08. The molecule has 0 bridgehead atoms. The largest absolute Gasteiger partial charge is 0.244 e. The van der Waals surface area contributed by atoms with E-state index in [2.05, 4.69) is 6.08 Å². The molecule has 3 unspecified atom stereocenters. The van der Waals surface area contributed by atoms with Crippen molar-refractivity contribution in [2.24, 2.45) is 23.7 Å². The van der Waals surface area contributed by atoms with Gasteiger partial charge in [0.25, 0.3) is 0 Å². The first-order chi connectivity index (χ1) is 11.1. The van der Waals surface area contributed by atoms with Crippen LogP contribution in [0, 0.1) is 23.7 Å². The zero-order chi connectivity index (χ0) is 16.4. The molecular formula is C19H28BF3. The molecule has 0 heterocycles. The Morgan fingerprint density at radius 2 is 1.57 bits per heavy atom. The van der Waals surface area contributed by atoms with Crippen LogP contribution in [0.1, 0.15) is 57.8 Å². The van der Waals surface area contributed by atoms with Gasteiger partial charge in [-0.2, -0.15) is 0 Å². The summed E-state index contributed by atoms with van der Waals surface area (Å²) in [6.07, 6.45) is 6.38. The molecule has 0 aromatic heterocycles. The first-order valence-corrected chi connectivity index (χ1v) is 9.39. The van der Waals surface area contributed by atoms with E-state index in [-0.39, 0.29) is 18.8 Å². The highest BCUT2D eigenvalue weighted by Gasteiger charge is 2.40. The summed E-state index contributed by atoms with van der Waals surface area (Å²) in [5.41, 5.74) is 1.19. The van der Waals surface area contributed by atoms with Crippen molar-refractivity contribution in [2.75, 3.05) is 0 Å². The van der Waals surface area contributed by atoms with Crippen molar-refractivity contribution >= 4 is 7.85 Å². The molecule has 0 amide bonds. The van der Waals surface area contributed by atoms with Gasteiger partial charge >= 0.3 is 0 Å². The topological polar surface area (TPSA) is 0 Å². The van der Waals surface area contributed by atoms with Crippen LogP contribution in [0.5, 0.6) is 0 Å². The van der Waals surface area contributed by atoms with Gasteiger partial charge in [0.05, 0.1) is 7.85 Å². The van der Waals surface area contributed by atoms with E-state index in [1.165, 1.54) is 31.3 Å². The molecule has 0 aromatic carbocycles. The molecule has 2 radical (unpaired) electrons. The number of rotatable bonds is 3. The molecule has 3 aliphatic carbocycles. The van der Waals surface area contributed by atoms with E-state index in [4.69, 9.17) is 7.85 Å². The van der Waals surface area contributed by atoms with E-state index < -0.39 is 18.5 Å². The number of halogens is 3. The van der Waals surface area contributed by atoms with Crippen LogP contribution in [-0.4, -0.2) is 26.4 Å². The molecule has 0 aliphatic heterocycles. The van der Waals surface area contributed by atoms with Crippen LogP contribution in [-0.2, 0) is 0 Å². The van der Waals surface area contributed by atoms with Gasteiger partial charge in [-0.3, -0.25) is 0 Å². The second-order valence-electron chi connectivity index (χ2n) is 7.97. The lowest BCUT2D eigenvalue weighted by Gasteiger charge is -2.38. The van der Waals surface area contributed by atoms with Crippen LogP contribution in [0.2, 0.25) is 6.32 Å². The zero-order valence-corrected chi connectivity index (χ0v) is 13.9. The summed E-state index contributed by atoms with van der Waals surface area (Å²) >= 11 is 0. The molecule has 4 heteroatoms. The minimum Gasteiger partial charge on any atom is -0.244 e. The number of hydrogen-bond donors (Lipinski definition) is 0. The van der Waals surface area contributed by atoms with Gasteiger partial charge in [0, 0.05) is 0 Å². The van der Waals surface area contributed by atoms with Crippen LogP contribution in [0.4, 0.5) is 13.2 Å². The Bertz CT molecular complexity index is 405. The SMILES string of the molecule is [B]CC1CCC(C2CC=C(C3CC(F)C(F)C(F)C3)CC2)CC1. The molecule has 128 valence electrons. The van der Waals surface area contributed by atoms with E-state index in [1.807, 2.05) is 0 Å². The molecule has 0 aromatic rings. The van der Waals surface area contributed by atoms with Gasteiger partial charge in [-0.25, -0.2) is 13.2 Å². The van der Waals surface area contributed by atoms with Crippen LogP contribution >= 0.6 is 0 Å². The summed E-state index contributed by atoms with van der Waals surface area (Å²) in [4.78, 5) is 0. The molecule has 3 atom stereocenters. The van der Waals surface area contributed by atoms with Gasteiger partial charge in [-0.1, -0.05) is 30.8 Å². The van der Waals surface area contributed by atoms with E-state index >= 15 is 0 Å². The Kier molecular flexibility index (Phi) is 5.80. The highest BCUT2D eigenvalue weighted by atomic mass is 19.2. The second-order valence-corrected chi connectivity index (χ2v) is 7.97. The van der Waals surface area contributed by atoms with Crippen LogP contribution < -0.4 is 0 Å². The summed E-state index contributed by atoms with van der Waals surface area (Å²) in [5.74, 6) is 2.14. The Morgan fingerprint density at radius 1 is 0.913 bits per heavy atom. The molecule has 3 aliphatic rings. The molecular weight excluding hydrogens is 296 g/mol. The Hall–Kier alpha value is -0.405. The van der Waals surface area contributed by atoms with Gasteiger partial charge in [-0.05, 0) is 68.6 Å². The third-order valence-electron chi connectivity index (χ3n) is 6.61.